The summed E-state index contributed by atoms with van der Waals surface area (Å²) in [6, 6.07) is -0.927. The summed E-state index contributed by atoms with van der Waals surface area (Å²) < 4.78 is 23.3. The van der Waals surface area contributed by atoms with Gasteiger partial charge in [0.15, 0.2) is 0 Å². The molecule has 0 aromatic rings. The first-order valence-electron chi connectivity index (χ1n) is 28.7. The van der Waals surface area contributed by atoms with Crippen LogP contribution in [0.15, 0.2) is 146 Å². The van der Waals surface area contributed by atoms with Crippen molar-refractivity contribution < 1.29 is 32.9 Å². The number of aliphatic hydroxyl groups is 1. The van der Waals surface area contributed by atoms with E-state index in [9.17, 15) is 19.4 Å². The first-order chi connectivity index (χ1) is 35.5. The van der Waals surface area contributed by atoms with Crippen LogP contribution in [0.3, 0.4) is 0 Å². The van der Waals surface area contributed by atoms with Crippen molar-refractivity contribution in [3.63, 3.8) is 0 Å². The van der Waals surface area contributed by atoms with Gasteiger partial charge in [-0.1, -0.05) is 224 Å². The van der Waals surface area contributed by atoms with Crippen molar-refractivity contribution in [2.45, 2.75) is 212 Å². The number of aliphatic hydroxyl groups excluding tert-OH is 1. The van der Waals surface area contributed by atoms with Crippen molar-refractivity contribution in [2.75, 3.05) is 40.9 Å². The largest absolute Gasteiger partial charge is 0.756 e. The van der Waals surface area contributed by atoms with Gasteiger partial charge in [-0.05, 0) is 116 Å². The fourth-order valence-corrected chi connectivity index (χ4v) is 8.02. The number of allylic oxidation sites excluding steroid dienone is 23. The summed E-state index contributed by atoms with van der Waals surface area (Å²) in [6.07, 6.45) is 82.1. The maximum absolute atomic E-state index is 12.9. The molecule has 0 saturated heterocycles. The van der Waals surface area contributed by atoms with E-state index in [4.69, 9.17) is 9.05 Å². The van der Waals surface area contributed by atoms with E-state index >= 15 is 0 Å². The van der Waals surface area contributed by atoms with Gasteiger partial charge in [-0.15, -0.1) is 0 Å². The van der Waals surface area contributed by atoms with E-state index in [1.165, 1.54) is 57.8 Å². The molecule has 0 aliphatic rings. The number of rotatable bonds is 50. The van der Waals surface area contributed by atoms with E-state index in [0.717, 1.165) is 122 Å². The number of carbonyl (C=O) groups excluding carboxylic acids is 1. The van der Waals surface area contributed by atoms with E-state index in [-0.39, 0.29) is 12.5 Å². The van der Waals surface area contributed by atoms with Gasteiger partial charge in [0.2, 0.25) is 5.91 Å². The molecule has 414 valence electrons. The second kappa shape index (κ2) is 53.2. The Labute approximate surface area is 449 Å². The number of phosphoric acid groups is 1. The van der Waals surface area contributed by atoms with Gasteiger partial charge in [-0.25, -0.2) is 0 Å². The molecule has 0 bridgehead atoms. The van der Waals surface area contributed by atoms with Crippen LogP contribution in [0.5, 0.6) is 0 Å². The summed E-state index contributed by atoms with van der Waals surface area (Å²) in [4.78, 5) is 25.5. The van der Waals surface area contributed by atoms with Crippen LogP contribution in [-0.2, 0) is 18.4 Å². The third-order valence-electron chi connectivity index (χ3n) is 11.8. The minimum Gasteiger partial charge on any atom is -0.756 e. The number of phosphoric ester groups is 1. The average Bonchev–Trinajstić information content (AvgIpc) is 3.35. The van der Waals surface area contributed by atoms with Crippen molar-refractivity contribution in [3.8, 4) is 0 Å². The van der Waals surface area contributed by atoms with Crippen LogP contribution < -0.4 is 10.2 Å². The zero-order valence-corrected chi connectivity index (χ0v) is 47.9. The Morgan fingerprint density at radius 3 is 1.27 bits per heavy atom. The smallest absolute Gasteiger partial charge is 0.268 e. The number of hydrogen-bond donors (Lipinski definition) is 2. The van der Waals surface area contributed by atoms with E-state index in [2.05, 4.69) is 153 Å². The SMILES string of the molecule is CC/C=C\C/C=C\C/C=C\C/C=C\C/C=C\C/C=C\C/C=C\C/C=C\C/C=C\CCCCCCCCCC(=O)NC(COP(=O)([O-])OCC[N+](C)(C)C)C(O)/C=C/CC/C=C/CC/C=C/CCCCCCCC. The molecule has 3 unspecified atom stereocenters. The number of nitrogens with one attached hydrogen (secondary N) is 1. The Morgan fingerprint density at radius 2 is 0.849 bits per heavy atom. The van der Waals surface area contributed by atoms with E-state index in [1.807, 2.05) is 27.2 Å². The number of hydrogen-bond acceptors (Lipinski definition) is 6. The zero-order chi connectivity index (χ0) is 53.5. The lowest BCUT2D eigenvalue weighted by Gasteiger charge is -2.29. The molecule has 0 aliphatic carbocycles. The van der Waals surface area contributed by atoms with Gasteiger partial charge in [0.25, 0.3) is 7.82 Å². The van der Waals surface area contributed by atoms with Crippen molar-refractivity contribution in [1.29, 1.82) is 0 Å². The van der Waals surface area contributed by atoms with Crippen molar-refractivity contribution in [1.82, 2.24) is 5.32 Å². The first-order valence-corrected chi connectivity index (χ1v) is 30.2. The van der Waals surface area contributed by atoms with Gasteiger partial charge in [0.1, 0.15) is 13.2 Å². The van der Waals surface area contributed by atoms with Gasteiger partial charge in [-0.3, -0.25) is 9.36 Å². The second-order valence-corrected chi connectivity index (χ2v) is 21.3. The maximum Gasteiger partial charge on any atom is 0.268 e. The number of quaternary nitrogens is 1. The van der Waals surface area contributed by atoms with Crippen LogP contribution in [0.1, 0.15) is 200 Å². The van der Waals surface area contributed by atoms with Crippen LogP contribution in [0.2, 0.25) is 0 Å². The van der Waals surface area contributed by atoms with Crippen LogP contribution in [0.4, 0.5) is 0 Å². The molecule has 0 aromatic carbocycles. The van der Waals surface area contributed by atoms with Crippen LogP contribution in [0.25, 0.3) is 0 Å². The summed E-state index contributed by atoms with van der Waals surface area (Å²) in [5, 5.41) is 13.8. The Morgan fingerprint density at radius 1 is 0.493 bits per heavy atom. The van der Waals surface area contributed by atoms with Gasteiger partial charge in [0, 0.05) is 6.42 Å². The number of amides is 1. The van der Waals surface area contributed by atoms with Gasteiger partial charge >= 0.3 is 0 Å². The molecule has 3 atom stereocenters. The molecule has 0 saturated carbocycles. The van der Waals surface area contributed by atoms with E-state index < -0.39 is 26.6 Å². The molecule has 0 heterocycles. The quantitative estimate of drug-likeness (QED) is 0.0272. The standard InChI is InChI=1S/C64H107N2O6P/c1-6-8-10-12-14-16-18-20-22-24-25-26-27-28-29-30-31-32-33-34-35-36-37-38-39-40-41-42-44-46-48-50-52-54-56-58-64(68)65-62(61-72-73(69,70)71-60-59-66(3,4)5)63(67)57-55-53-51-49-47-45-43-23-21-19-17-15-13-11-9-7-2/h8,10,14,16,20-23,25-26,28-29,31-32,34-35,37-38,40-41,47,49,55,57,62-63,67H,6-7,9,11-13,15,17-19,24,27,30,33,36,39,42-46,48,50-54,56,58-61H2,1-5H3,(H-,65,68,69,70)/b10-8-,16-14-,22-20-,23-21+,26-25-,29-28-,32-31-,35-34-,38-37-,41-40-,49-47+,57-55+. The van der Waals surface area contributed by atoms with Crippen molar-refractivity contribution in [2.24, 2.45) is 0 Å². The molecule has 0 rings (SSSR count). The number of carbonyl (C=O) groups is 1. The first kappa shape index (κ1) is 69.4. The summed E-state index contributed by atoms with van der Waals surface area (Å²) in [7, 11) is 1.20. The number of likely N-dealkylation sites (N-methyl/N-ethyl adjacent to an activating group) is 1. The summed E-state index contributed by atoms with van der Waals surface area (Å²) in [5.74, 6) is -0.230. The highest BCUT2D eigenvalue weighted by atomic mass is 31.2. The second-order valence-electron chi connectivity index (χ2n) is 19.9. The minimum atomic E-state index is -4.62. The molecule has 9 heteroatoms. The van der Waals surface area contributed by atoms with Crippen molar-refractivity contribution in [3.05, 3.63) is 146 Å². The molecule has 73 heavy (non-hydrogen) atoms. The summed E-state index contributed by atoms with van der Waals surface area (Å²) in [5.41, 5.74) is 0. The Balaban J connectivity index is 4.27. The minimum absolute atomic E-state index is 0.0194. The molecule has 0 radical (unpaired) electrons. The molecular weight excluding hydrogens is 924 g/mol. The maximum atomic E-state index is 12.9. The fraction of sp³-hybridized carbons (Fsp3) is 0.609. The van der Waals surface area contributed by atoms with Gasteiger partial charge in [-0.2, -0.15) is 0 Å². The third kappa shape index (κ3) is 56.0. The predicted molar refractivity (Wildman–Crippen MR) is 315 cm³/mol. The highest BCUT2D eigenvalue weighted by molar-refractivity contribution is 7.45. The lowest BCUT2D eigenvalue weighted by atomic mass is 10.1. The summed E-state index contributed by atoms with van der Waals surface area (Å²) >= 11 is 0. The van der Waals surface area contributed by atoms with Crippen LogP contribution >= 0.6 is 7.82 Å². The molecule has 0 aliphatic heterocycles. The van der Waals surface area contributed by atoms with Gasteiger partial charge < -0.3 is 28.8 Å². The Kier molecular flexibility index (Phi) is 50.6. The van der Waals surface area contributed by atoms with Crippen LogP contribution in [-0.4, -0.2) is 68.5 Å². The van der Waals surface area contributed by atoms with Crippen molar-refractivity contribution >= 4 is 13.7 Å². The molecule has 0 spiro atoms. The highest BCUT2D eigenvalue weighted by Gasteiger charge is 2.23. The third-order valence-corrected chi connectivity index (χ3v) is 12.7. The molecular formula is C64H107N2O6P. The van der Waals surface area contributed by atoms with Gasteiger partial charge in [0.05, 0.1) is 39.9 Å². The lowest BCUT2D eigenvalue weighted by Crippen LogP contribution is -2.45. The van der Waals surface area contributed by atoms with E-state index in [1.54, 1.807) is 6.08 Å². The average molecular weight is 1030 g/mol. The molecule has 0 fully saturated rings. The predicted octanol–water partition coefficient (Wildman–Crippen LogP) is 17.1. The molecule has 1 amide bonds. The van der Waals surface area contributed by atoms with Crippen LogP contribution in [0, 0.1) is 0 Å². The normalized spacial score (nSPS) is 15.0. The summed E-state index contributed by atoms with van der Waals surface area (Å²) in [6.45, 7) is 4.46. The molecule has 0 aromatic heterocycles. The molecule has 2 N–H and O–H groups in total. The van der Waals surface area contributed by atoms with E-state index in [0.29, 0.717) is 17.4 Å². The Hall–Kier alpha value is -3.62. The lowest BCUT2D eigenvalue weighted by molar-refractivity contribution is -0.870. The number of unbranched alkanes of at least 4 members (excludes halogenated alkanes) is 15. The highest BCUT2D eigenvalue weighted by Crippen LogP contribution is 2.38. The monoisotopic (exact) mass is 1030 g/mol. The zero-order valence-electron chi connectivity index (χ0n) is 47.0. The molecule has 8 nitrogen and oxygen atoms in total. The fourth-order valence-electron chi connectivity index (χ4n) is 7.29. The Bertz CT molecular complexity index is 1690. The number of nitrogens with zero attached hydrogens (tertiary/aromatic N) is 1. The topological polar surface area (TPSA) is 108 Å².